The van der Waals surface area contributed by atoms with E-state index in [0.717, 1.165) is 36.4 Å². The Kier molecular flexibility index (Phi) is 4.24. The number of aryl methyl sites for hydroxylation is 1. The lowest BCUT2D eigenvalue weighted by Gasteiger charge is -2.29. The Bertz CT molecular complexity index is 648. The van der Waals surface area contributed by atoms with Crippen molar-refractivity contribution >= 4 is 5.97 Å². The first-order valence-electron chi connectivity index (χ1n) is 7.59. The number of carbonyl (C=O) groups is 1. The van der Waals surface area contributed by atoms with E-state index in [-0.39, 0.29) is 5.92 Å². The lowest BCUT2D eigenvalue weighted by atomic mass is 9.98. The Hall–Kier alpha value is -2.14. The molecule has 1 aliphatic heterocycles. The molecule has 0 spiro atoms. The molecule has 2 heterocycles. The molecule has 1 aliphatic rings. The summed E-state index contributed by atoms with van der Waals surface area (Å²) < 4.78 is 5.41. The second-order valence-electron chi connectivity index (χ2n) is 5.96. The zero-order valence-electron chi connectivity index (χ0n) is 12.7. The lowest BCUT2D eigenvalue weighted by Crippen LogP contribution is -2.38. The SMILES string of the molecule is Cc1ccc(-c2cc(CN3CCCC(C(=O)O)C3)on2)cc1. The quantitative estimate of drug-likeness (QED) is 0.940. The van der Waals surface area contributed by atoms with Crippen LogP contribution in [0.2, 0.25) is 0 Å². The number of nitrogens with zero attached hydrogens (tertiary/aromatic N) is 2. The Balaban J connectivity index is 1.66. The highest BCUT2D eigenvalue weighted by atomic mass is 16.5. The fourth-order valence-electron chi connectivity index (χ4n) is 2.87. The van der Waals surface area contributed by atoms with Crippen LogP contribution in [0.4, 0.5) is 0 Å². The normalized spacial score (nSPS) is 19.2. The molecule has 5 heteroatoms. The fraction of sp³-hybridized carbons (Fsp3) is 0.412. The van der Waals surface area contributed by atoms with Gasteiger partial charge < -0.3 is 9.63 Å². The molecule has 1 atom stereocenters. The van der Waals surface area contributed by atoms with Crippen LogP contribution in [0.1, 0.15) is 24.2 Å². The average Bonchev–Trinajstić information content (AvgIpc) is 2.96. The lowest BCUT2D eigenvalue weighted by molar-refractivity contribution is -0.143. The minimum atomic E-state index is -0.706. The summed E-state index contributed by atoms with van der Waals surface area (Å²) in [6.45, 7) is 4.15. The van der Waals surface area contributed by atoms with Gasteiger partial charge in [0.1, 0.15) is 5.69 Å². The molecule has 22 heavy (non-hydrogen) atoms. The van der Waals surface area contributed by atoms with E-state index in [0.29, 0.717) is 13.1 Å². The van der Waals surface area contributed by atoms with Crippen LogP contribution >= 0.6 is 0 Å². The summed E-state index contributed by atoms with van der Waals surface area (Å²) in [7, 11) is 0. The second-order valence-corrected chi connectivity index (χ2v) is 5.96. The summed E-state index contributed by atoms with van der Waals surface area (Å²) in [5.41, 5.74) is 3.06. The van der Waals surface area contributed by atoms with E-state index in [2.05, 4.69) is 10.1 Å². The number of carboxylic acids is 1. The van der Waals surface area contributed by atoms with Gasteiger partial charge >= 0.3 is 5.97 Å². The first-order valence-corrected chi connectivity index (χ1v) is 7.59. The van der Waals surface area contributed by atoms with Gasteiger partial charge in [-0.1, -0.05) is 35.0 Å². The highest BCUT2D eigenvalue weighted by molar-refractivity contribution is 5.70. The van der Waals surface area contributed by atoms with Gasteiger partial charge in [0, 0.05) is 18.2 Å². The molecule has 0 radical (unpaired) electrons. The van der Waals surface area contributed by atoms with E-state index in [1.165, 1.54) is 5.56 Å². The number of aromatic nitrogens is 1. The van der Waals surface area contributed by atoms with Crippen LogP contribution in [-0.4, -0.2) is 34.2 Å². The maximum atomic E-state index is 11.1. The van der Waals surface area contributed by atoms with Crippen molar-refractivity contribution in [3.8, 4) is 11.3 Å². The van der Waals surface area contributed by atoms with Gasteiger partial charge in [-0.25, -0.2) is 0 Å². The second kappa shape index (κ2) is 6.32. The summed E-state index contributed by atoms with van der Waals surface area (Å²) >= 11 is 0. The number of hydrogen-bond acceptors (Lipinski definition) is 4. The van der Waals surface area contributed by atoms with Crippen LogP contribution < -0.4 is 0 Å². The average molecular weight is 300 g/mol. The number of carboxylic acid groups (broad SMARTS) is 1. The third-order valence-corrected chi connectivity index (χ3v) is 4.14. The molecule has 2 aromatic rings. The van der Waals surface area contributed by atoms with Crippen LogP contribution in [0.3, 0.4) is 0 Å². The zero-order chi connectivity index (χ0) is 15.5. The van der Waals surface area contributed by atoms with E-state index in [1.807, 2.05) is 37.3 Å². The number of benzene rings is 1. The molecule has 1 aromatic carbocycles. The van der Waals surface area contributed by atoms with Gasteiger partial charge in [0.05, 0.1) is 12.5 Å². The molecule has 3 rings (SSSR count). The minimum absolute atomic E-state index is 0.270. The number of hydrogen-bond donors (Lipinski definition) is 1. The van der Waals surface area contributed by atoms with Gasteiger partial charge in [-0.05, 0) is 26.3 Å². The van der Waals surface area contributed by atoms with Crippen molar-refractivity contribution in [2.24, 2.45) is 5.92 Å². The molecule has 1 fully saturated rings. The van der Waals surface area contributed by atoms with Crippen molar-refractivity contribution in [2.45, 2.75) is 26.3 Å². The summed E-state index contributed by atoms with van der Waals surface area (Å²) in [5.74, 6) is -0.197. The Morgan fingerprint density at radius 1 is 1.41 bits per heavy atom. The predicted octanol–water partition coefficient (Wildman–Crippen LogP) is 2.95. The summed E-state index contributed by atoms with van der Waals surface area (Å²) in [6.07, 6.45) is 1.67. The monoisotopic (exact) mass is 300 g/mol. The topological polar surface area (TPSA) is 66.6 Å². The number of rotatable bonds is 4. The molecular weight excluding hydrogens is 280 g/mol. The molecule has 1 unspecified atom stereocenters. The van der Waals surface area contributed by atoms with Crippen LogP contribution in [0.15, 0.2) is 34.9 Å². The van der Waals surface area contributed by atoms with Crippen LogP contribution in [-0.2, 0) is 11.3 Å². The van der Waals surface area contributed by atoms with Crippen LogP contribution in [0, 0.1) is 12.8 Å². The Labute approximate surface area is 129 Å². The van der Waals surface area contributed by atoms with Crippen LogP contribution in [0.5, 0.6) is 0 Å². The molecular formula is C17H20N2O3. The van der Waals surface area contributed by atoms with E-state index < -0.39 is 5.97 Å². The van der Waals surface area contributed by atoms with Crippen molar-refractivity contribution in [3.05, 3.63) is 41.7 Å². The largest absolute Gasteiger partial charge is 0.481 e. The molecule has 5 nitrogen and oxygen atoms in total. The molecule has 0 saturated carbocycles. The van der Waals surface area contributed by atoms with Crippen molar-refractivity contribution in [1.82, 2.24) is 10.1 Å². The number of likely N-dealkylation sites (tertiary alicyclic amines) is 1. The highest BCUT2D eigenvalue weighted by Gasteiger charge is 2.26. The van der Waals surface area contributed by atoms with Crippen molar-refractivity contribution in [3.63, 3.8) is 0 Å². The molecule has 1 aromatic heterocycles. The van der Waals surface area contributed by atoms with Crippen molar-refractivity contribution in [2.75, 3.05) is 13.1 Å². The Morgan fingerprint density at radius 3 is 2.91 bits per heavy atom. The molecule has 1 saturated heterocycles. The predicted molar refractivity (Wildman–Crippen MR) is 82.3 cm³/mol. The summed E-state index contributed by atoms with van der Waals surface area (Å²) in [4.78, 5) is 13.2. The van der Waals surface area contributed by atoms with Crippen LogP contribution in [0.25, 0.3) is 11.3 Å². The fourth-order valence-corrected chi connectivity index (χ4v) is 2.87. The number of aliphatic carboxylic acids is 1. The third-order valence-electron chi connectivity index (χ3n) is 4.14. The molecule has 0 aliphatic carbocycles. The van der Waals surface area contributed by atoms with E-state index in [1.54, 1.807) is 0 Å². The third kappa shape index (κ3) is 3.36. The first kappa shape index (κ1) is 14.8. The molecule has 0 amide bonds. The smallest absolute Gasteiger partial charge is 0.307 e. The van der Waals surface area contributed by atoms with Gasteiger partial charge in [-0.3, -0.25) is 9.69 Å². The molecule has 116 valence electrons. The van der Waals surface area contributed by atoms with Gasteiger partial charge in [-0.2, -0.15) is 0 Å². The first-order chi connectivity index (χ1) is 10.6. The standard InChI is InChI=1S/C17H20N2O3/c1-12-4-6-13(7-5-12)16-9-15(22-18-16)11-19-8-2-3-14(10-19)17(20)21/h4-7,9,14H,2-3,8,10-11H2,1H3,(H,20,21). The zero-order valence-corrected chi connectivity index (χ0v) is 12.7. The van der Waals surface area contributed by atoms with Crippen molar-refractivity contribution < 1.29 is 14.4 Å². The minimum Gasteiger partial charge on any atom is -0.481 e. The summed E-state index contributed by atoms with van der Waals surface area (Å²) in [5, 5.41) is 13.3. The maximum Gasteiger partial charge on any atom is 0.307 e. The van der Waals surface area contributed by atoms with E-state index >= 15 is 0 Å². The summed E-state index contributed by atoms with van der Waals surface area (Å²) in [6, 6.07) is 10.1. The number of piperidine rings is 1. The molecule has 1 N–H and O–H groups in total. The van der Waals surface area contributed by atoms with Gasteiger partial charge in [0.25, 0.3) is 0 Å². The van der Waals surface area contributed by atoms with E-state index in [4.69, 9.17) is 9.63 Å². The van der Waals surface area contributed by atoms with Gasteiger partial charge in [0.2, 0.25) is 0 Å². The van der Waals surface area contributed by atoms with Crippen molar-refractivity contribution in [1.29, 1.82) is 0 Å². The molecule has 0 bridgehead atoms. The maximum absolute atomic E-state index is 11.1. The van der Waals surface area contributed by atoms with E-state index in [9.17, 15) is 4.79 Å². The highest BCUT2D eigenvalue weighted by Crippen LogP contribution is 2.22. The van der Waals surface area contributed by atoms with Gasteiger partial charge in [0.15, 0.2) is 5.76 Å². The van der Waals surface area contributed by atoms with Gasteiger partial charge in [-0.15, -0.1) is 0 Å². The Morgan fingerprint density at radius 2 is 2.18 bits per heavy atom.